The van der Waals surface area contributed by atoms with Crippen molar-refractivity contribution in [3.05, 3.63) is 70.4 Å². The predicted molar refractivity (Wildman–Crippen MR) is 123 cm³/mol. The Hall–Kier alpha value is -2.54. The van der Waals surface area contributed by atoms with Crippen molar-refractivity contribution in [3.8, 4) is 10.6 Å². The molecule has 0 saturated heterocycles. The SMILES string of the molecule is Cc1ccc2nc(-c3ccc(NC(=O)[C@H](C)[NH+](C)Cc4cccs4)cc3)sc2c1. The Morgan fingerprint density at radius 3 is 2.69 bits per heavy atom. The van der Waals surface area contributed by atoms with E-state index in [1.807, 2.05) is 37.3 Å². The standard InChI is InChI=1S/C23H23N3OS2/c1-15-6-11-20-21(13-15)29-23(25-20)17-7-9-18(10-8-17)24-22(27)16(2)26(3)14-19-5-4-12-28-19/h4-13,16H,14H2,1-3H3,(H,24,27)/p+1/t16-/m0/s1. The van der Waals surface area contributed by atoms with Gasteiger partial charge in [0.1, 0.15) is 11.6 Å². The zero-order valence-corrected chi connectivity index (χ0v) is 18.4. The number of thiophene rings is 1. The molecule has 148 valence electrons. The number of fused-ring (bicyclic) bond motifs is 1. The lowest BCUT2D eigenvalue weighted by Gasteiger charge is -2.20. The molecular formula is C23H24N3OS2+. The molecule has 1 unspecified atom stereocenters. The van der Waals surface area contributed by atoms with Crippen molar-refractivity contribution in [2.75, 3.05) is 12.4 Å². The average Bonchev–Trinajstić information content (AvgIpc) is 3.37. The molecule has 2 aromatic carbocycles. The van der Waals surface area contributed by atoms with Crippen LogP contribution in [0.2, 0.25) is 0 Å². The molecule has 1 amide bonds. The Bertz CT molecular complexity index is 1120. The van der Waals surface area contributed by atoms with E-state index in [1.54, 1.807) is 22.7 Å². The number of amides is 1. The molecule has 2 heterocycles. The lowest BCUT2D eigenvalue weighted by molar-refractivity contribution is -0.907. The van der Waals surface area contributed by atoms with Crippen molar-refractivity contribution >= 4 is 44.5 Å². The summed E-state index contributed by atoms with van der Waals surface area (Å²) in [5, 5.41) is 6.11. The number of likely N-dealkylation sites (N-methyl/N-ethyl adjacent to an activating group) is 1. The first kappa shape index (κ1) is 19.8. The minimum absolute atomic E-state index is 0.0299. The highest BCUT2D eigenvalue weighted by atomic mass is 32.1. The van der Waals surface area contributed by atoms with Crippen LogP contribution in [0, 0.1) is 6.92 Å². The number of benzene rings is 2. The quantitative estimate of drug-likeness (QED) is 0.485. The van der Waals surface area contributed by atoms with E-state index in [0.717, 1.165) is 28.3 Å². The molecule has 0 radical (unpaired) electrons. The second-order valence-electron chi connectivity index (χ2n) is 7.38. The van der Waals surface area contributed by atoms with Gasteiger partial charge in [-0.2, -0.15) is 0 Å². The summed E-state index contributed by atoms with van der Waals surface area (Å²) in [6.07, 6.45) is 0. The molecule has 4 aromatic rings. The number of carbonyl (C=O) groups is 1. The maximum atomic E-state index is 12.6. The number of rotatable bonds is 6. The van der Waals surface area contributed by atoms with Crippen molar-refractivity contribution in [2.24, 2.45) is 0 Å². The Balaban J connectivity index is 1.42. The highest BCUT2D eigenvalue weighted by Crippen LogP contribution is 2.31. The molecule has 4 nitrogen and oxygen atoms in total. The zero-order valence-electron chi connectivity index (χ0n) is 16.7. The molecule has 0 saturated carbocycles. The van der Waals surface area contributed by atoms with Crippen LogP contribution in [0.5, 0.6) is 0 Å². The summed E-state index contributed by atoms with van der Waals surface area (Å²) in [6.45, 7) is 4.91. The zero-order chi connectivity index (χ0) is 20.4. The fourth-order valence-corrected chi connectivity index (χ4v) is 5.04. The van der Waals surface area contributed by atoms with Gasteiger partial charge in [0.05, 0.1) is 22.1 Å². The average molecular weight is 423 g/mol. The van der Waals surface area contributed by atoms with E-state index in [-0.39, 0.29) is 11.9 Å². The molecule has 0 fully saturated rings. The van der Waals surface area contributed by atoms with E-state index in [2.05, 4.69) is 48.9 Å². The molecule has 0 aliphatic heterocycles. The number of nitrogens with one attached hydrogen (secondary N) is 2. The number of quaternary nitrogens is 1. The van der Waals surface area contributed by atoms with Crippen LogP contribution in [0.1, 0.15) is 17.4 Å². The van der Waals surface area contributed by atoms with Gasteiger partial charge in [-0.25, -0.2) is 4.98 Å². The maximum absolute atomic E-state index is 12.6. The van der Waals surface area contributed by atoms with E-state index in [0.29, 0.717) is 0 Å². The van der Waals surface area contributed by atoms with Gasteiger partial charge < -0.3 is 10.2 Å². The lowest BCUT2D eigenvalue weighted by atomic mass is 10.2. The summed E-state index contributed by atoms with van der Waals surface area (Å²) in [5.74, 6) is 0.0299. The van der Waals surface area contributed by atoms with Gasteiger partial charge in [-0.15, -0.1) is 22.7 Å². The second-order valence-corrected chi connectivity index (χ2v) is 9.44. The summed E-state index contributed by atoms with van der Waals surface area (Å²) in [4.78, 5) is 19.8. The summed E-state index contributed by atoms with van der Waals surface area (Å²) in [7, 11) is 2.06. The van der Waals surface area contributed by atoms with Gasteiger partial charge in [0.15, 0.2) is 6.04 Å². The summed E-state index contributed by atoms with van der Waals surface area (Å²) < 4.78 is 1.20. The molecule has 0 aliphatic carbocycles. The van der Waals surface area contributed by atoms with Crippen LogP contribution < -0.4 is 10.2 Å². The molecule has 2 atom stereocenters. The number of anilines is 1. The van der Waals surface area contributed by atoms with Gasteiger partial charge in [0.25, 0.3) is 5.91 Å². The maximum Gasteiger partial charge on any atom is 0.282 e. The van der Waals surface area contributed by atoms with Crippen LogP contribution in [0.4, 0.5) is 5.69 Å². The Labute approximate surface area is 178 Å². The van der Waals surface area contributed by atoms with Crippen molar-refractivity contribution in [2.45, 2.75) is 26.4 Å². The smallest absolute Gasteiger partial charge is 0.282 e. The molecule has 2 N–H and O–H groups in total. The van der Waals surface area contributed by atoms with E-state index in [4.69, 9.17) is 4.98 Å². The van der Waals surface area contributed by atoms with Crippen molar-refractivity contribution in [3.63, 3.8) is 0 Å². The molecule has 6 heteroatoms. The topological polar surface area (TPSA) is 46.4 Å². The summed E-state index contributed by atoms with van der Waals surface area (Å²) in [5.41, 5.74) is 4.14. The highest BCUT2D eigenvalue weighted by molar-refractivity contribution is 7.21. The molecule has 0 aliphatic rings. The minimum atomic E-state index is -0.135. The number of aryl methyl sites for hydroxylation is 1. The number of thiazole rings is 1. The molecular weight excluding hydrogens is 398 g/mol. The van der Waals surface area contributed by atoms with Gasteiger partial charge >= 0.3 is 0 Å². The van der Waals surface area contributed by atoms with Crippen LogP contribution >= 0.6 is 22.7 Å². The first-order chi connectivity index (χ1) is 14.0. The van der Waals surface area contributed by atoms with Crippen LogP contribution in [0.25, 0.3) is 20.8 Å². The summed E-state index contributed by atoms with van der Waals surface area (Å²) >= 11 is 3.42. The van der Waals surface area contributed by atoms with E-state index >= 15 is 0 Å². The third-order valence-electron chi connectivity index (χ3n) is 5.11. The highest BCUT2D eigenvalue weighted by Gasteiger charge is 2.22. The lowest BCUT2D eigenvalue weighted by Crippen LogP contribution is -3.12. The fraction of sp³-hybridized carbons (Fsp3) is 0.217. The first-order valence-corrected chi connectivity index (χ1v) is 11.3. The number of hydrogen-bond acceptors (Lipinski definition) is 4. The van der Waals surface area contributed by atoms with E-state index < -0.39 is 0 Å². The van der Waals surface area contributed by atoms with Crippen LogP contribution in [-0.2, 0) is 11.3 Å². The molecule has 0 bridgehead atoms. The van der Waals surface area contributed by atoms with Gasteiger partial charge in [-0.1, -0.05) is 12.1 Å². The molecule has 4 rings (SSSR count). The van der Waals surface area contributed by atoms with Crippen molar-refractivity contribution in [1.29, 1.82) is 0 Å². The number of aromatic nitrogens is 1. The molecule has 2 aromatic heterocycles. The van der Waals surface area contributed by atoms with Crippen LogP contribution in [-0.4, -0.2) is 24.0 Å². The molecule has 0 spiro atoms. The van der Waals surface area contributed by atoms with Gasteiger partial charge in [0, 0.05) is 11.3 Å². The largest absolute Gasteiger partial charge is 0.323 e. The Morgan fingerprint density at radius 2 is 1.97 bits per heavy atom. The Kier molecular flexibility index (Phi) is 5.76. The van der Waals surface area contributed by atoms with Gasteiger partial charge in [-0.05, 0) is 67.3 Å². The monoisotopic (exact) mass is 422 g/mol. The van der Waals surface area contributed by atoms with Crippen LogP contribution in [0.3, 0.4) is 0 Å². The minimum Gasteiger partial charge on any atom is -0.323 e. The van der Waals surface area contributed by atoms with Crippen LogP contribution in [0.15, 0.2) is 60.0 Å². The normalized spacial score (nSPS) is 13.3. The van der Waals surface area contributed by atoms with E-state index in [1.165, 1.54) is 20.0 Å². The third-order valence-corrected chi connectivity index (χ3v) is 7.05. The number of nitrogens with zero attached hydrogens (tertiary/aromatic N) is 1. The Morgan fingerprint density at radius 1 is 1.17 bits per heavy atom. The van der Waals surface area contributed by atoms with Gasteiger partial charge in [-0.3, -0.25) is 4.79 Å². The number of carbonyl (C=O) groups excluding carboxylic acids is 1. The first-order valence-electron chi connectivity index (χ1n) is 9.63. The summed E-state index contributed by atoms with van der Waals surface area (Å²) in [6, 6.07) is 18.3. The van der Waals surface area contributed by atoms with Crippen molar-refractivity contribution in [1.82, 2.24) is 4.98 Å². The predicted octanol–water partition coefficient (Wildman–Crippen LogP) is 4.38. The van der Waals surface area contributed by atoms with E-state index in [9.17, 15) is 4.79 Å². The third kappa shape index (κ3) is 4.56. The van der Waals surface area contributed by atoms with Gasteiger partial charge in [0.2, 0.25) is 0 Å². The second kappa shape index (κ2) is 8.45. The number of hydrogen-bond donors (Lipinski definition) is 2. The molecule has 29 heavy (non-hydrogen) atoms. The fourth-order valence-electron chi connectivity index (χ4n) is 3.17. The van der Waals surface area contributed by atoms with Crippen molar-refractivity contribution < 1.29 is 9.69 Å².